The molecule has 1 aromatic carbocycles. The lowest BCUT2D eigenvalue weighted by molar-refractivity contribution is -0.125. The number of rotatable bonds is 5. The monoisotopic (exact) mass is 445 g/mol. The first-order valence-electron chi connectivity index (χ1n) is 12.2. The van der Waals surface area contributed by atoms with Gasteiger partial charge in [-0.15, -0.1) is 0 Å². The van der Waals surface area contributed by atoms with Gasteiger partial charge in [-0.2, -0.15) is 4.31 Å². The van der Waals surface area contributed by atoms with E-state index in [0.717, 1.165) is 57.2 Å². The van der Waals surface area contributed by atoms with E-state index in [2.05, 4.69) is 10.2 Å². The Morgan fingerprint density at radius 2 is 1.52 bits per heavy atom. The zero-order valence-corrected chi connectivity index (χ0v) is 19.2. The SMILES string of the molecule is O=C(N[C@H]1Cc2ccc(S(=O)(=O)N3CCN(C4CCCC4)CC3)cc2C1)C1CCCC1. The molecule has 0 spiro atoms. The molecular weight excluding hydrogens is 410 g/mol. The van der Waals surface area contributed by atoms with Gasteiger partial charge < -0.3 is 5.32 Å². The minimum Gasteiger partial charge on any atom is -0.352 e. The van der Waals surface area contributed by atoms with Crippen LogP contribution < -0.4 is 5.32 Å². The Morgan fingerprint density at radius 3 is 2.23 bits per heavy atom. The Morgan fingerprint density at radius 1 is 0.871 bits per heavy atom. The molecule has 3 aliphatic carbocycles. The summed E-state index contributed by atoms with van der Waals surface area (Å²) in [7, 11) is -3.46. The summed E-state index contributed by atoms with van der Waals surface area (Å²) in [5, 5.41) is 3.22. The van der Waals surface area contributed by atoms with Crippen LogP contribution in [0.2, 0.25) is 0 Å². The summed E-state index contributed by atoms with van der Waals surface area (Å²) in [5.74, 6) is 0.353. The topological polar surface area (TPSA) is 69.7 Å². The third-order valence-corrected chi connectivity index (χ3v) is 9.83. The third kappa shape index (κ3) is 4.41. The Balaban J connectivity index is 1.21. The van der Waals surface area contributed by atoms with Crippen LogP contribution in [0, 0.1) is 5.92 Å². The Bertz CT molecular complexity index is 912. The van der Waals surface area contributed by atoms with Gasteiger partial charge in [-0.3, -0.25) is 9.69 Å². The number of carbonyl (C=O) groups is 1. The lowest BCUT2D eigenvalue weighted by Gasteiger charge is -2.37. The molecule has 1 N–H and O–H groups in total. The molecule has 170 valence electrons. The van der Waals surface area contributed by atoms with Gasteiger partial charge in [0.1, 0.15) is 0 Å². The van der Waals surface area contributed by atoms with E-state index < -0.39 is 10.0 Å². The molecule has 6 nitrogen and oxygen atoms in total. The number of sulfonamides is 1. The Labute approximate surface area is 186 Å². The molecule has 0 radical (unpaired) electrons. The molecule has 31 heavy (non-hydrogen) atoms. The molecule has 1 aliphatic heterocycles. The van der Waals surface area contributed by atoms with Gasteiger partial charge in [0.2, 0.25) is 15.9 Å². The molecule has 0 unspecified atom stereocenters. The van der Waals surface area contributed by atoms with Gasteiger partial charge in [-0.1, -0.05) is 31.7 Å². The summed E-state index contributed by atoms with van der Waals surface area (Å²) >= 11 is 0. The van der Waals surface area contributed by atoms with Crippen molar-refractivity contribution in [2.75, 3.05) is 26.2 Å². The van der Waals surface area contributed by atoms with Crippen molar-refractivity contribution in [3.8, 4) is 0 Å². The standard InChI is InChI=1S/C24H35N3O3S/c28-24(18-5-1-2-6-18)25-21-15-19-9-10-23(17-20(19)16-21)31(29,30)27-13-11-26(12-14-27)22-7-3-4-8-22/h9-10,17-18,21-22H,1-8,11-16H2,(H,25,28)/t21-/m0/s1. The number of carbonyl (C=O) groups excluding carboxylic acids is 1. The van der Waals surface area contributed by atoms with Crippen molar-refractivity contribution in [1.29, 1.82) is 0 Å². The molecule has 5 rings (SSSR count). The van der Waals surface area contributed by atoms with E-state index in [-0.39, 0.29) is 17.9 Å². The van der Waals surface area contributed by atoms with E-state index in [0.29, 0.717) is 24.0 Å². The fourth-order valence-electron chi connectivity index (χ4n) is 6.09. The van der Waals surface area contributed by atoms with Crippen LogP contribution >= 0.6 is 0 Å². The molecule has 1 amide bonds. The maximum atomic E-state index is 13.3. The number of amides is 1. The molecule has 7 heteroatoms. The molecule has 0 aromatic heterocycles. The summed E-state index contributed by atoms with van der Waals surface area (Å²) in [4.78, 5) is 15.4. The molecule has 1 heterocycles. The lowest BCUT2D eigenvalue weighted by atomic mass is 10.1. The molecule has 2 saturated carbocycles. The van der Waals surface area contributed by atoms with Crippen LogP contribution in [0.4, 0.5) is 0 Å². The van der Waals surface area contributed by atoms with Crippen LogP contribution in [0.5, 0.6) is 0 Å². The number of piperazine rings is 1. The maximum absolute atomic E-state index is 13.3. The Kier molecular flexibility index (Phi) is 6.10. The summed E-state index contributed by atoms with van der Waals surface area (Å²) in [6, 6.07) is 6.32. The Hall–Kier alpha value is -1.44. The second kappa shape index (κ2) is 8.83. The van der Waals surface area contributed by atoms with Crippen molar-refractivity contribution in [2.24, 2.45) is 5.92 Å². The van der Waals surface area contributed by atoms with Crippen molar-refractivity contribution in [2.45, 2.75) is 81.2 Å². The van der Waals surface area contributed by atoms with E-state index in [4.69, 9.17) is 0 Å². The normalized spacial score (nSPS) is 26.4. The highest BCUT2D eigenvalue weighted by Gasteiger charge is 2.33. The van der Waals surface area contributed by atoms with Crippen LogP contribution in [0.25, 0.3) is 0 Å². The van der Waals surface area contributed by atoms with E-state index >= 15 is 0 Å². The summed E-state index contributed by atoms with van der Waals surface area (Å²) in [6.45, 7) is 2.83. The van der Waals surface area contributed by atoms with E-state index in [1.165, 1.54) is 31.2 Å². The minimum atomic E-state index is -3.46. The van der Waals surface area contributed by atoms with Crippen LogP contribution in [-0.4, -0.2) is 61.8 Å². The predicted molar refractivity (Wildman–Crippen MR) is 120 cm³/mol. The third-order valence-electron chi connectivity index (χ3n) is 7.93. The fourth-order valence-corrected chi connectivity index (χ4v) is 7.56. The molecule has 0 bridgehead atoms. The number of hydrogen-bond donors (Lipinski definition) is 1. The van der Waals surface area contributed by atoms with Gasteiger partial charge in [0, 0.05) is 44.2 Å². The summed E-state index contributed by atoms with van der Waals surface area (Å²) < 4.78 is 28.2. The summed E-state index contributed by atoms with van der Waals surface area (Å²) in [6.07, 6.45) is 11.0. The first-order valence-corrected chi connectivity index (χ1v) is 13.6. The molecular formula is C24H35N3O3S. The zero-order valence-electron chi connectivity index (χ0n) is 18.4. The largest absolute Gasteiger partial charge is 0.352 e. The van der Waals surface area contributed by atoms with Crippen molar-refractivity contribution >= 4 is 15.9 Å². The van der Waals surface area contributed by atoms with Crippen LogP contribution in [0.3, 0.4) is 0 Å². The van der Waals surface area contributed by atoms with Crippen molar-refractivity contribution in [3.05, 3.63) is 29.3 Å². The van der Waals surface area contributed by atoms with E-state index in [1.807, 2.05) is 12.1 Å². The molecule has 1 saturated heterocycles. The minimum absolute atomic E-state index is 0.0935. The summed E-state index contributed by atoms with van der Waals surface area (Å²) in [5.41, 5.74) is 2.24. The van der Waals surface area contributed by atoms with E-state index in [9.17, 15) is 13.2 Å². The van der Waals surface area contributed by atoms with Crippen LogP contribution in [-0.2, 0) is 27.7 Å². The number of nitrogens with one attached hydrogen (secondary N) is 1. The predicted octanol–water partition coefficient (Wildman–Crippen LogP) is 2.71. The zero-order chi connectivity index (χ0) is 21.4. The maximum Gasteiger partial charge on any atom is 0.243 e. The second-order valence-corrected chi connectivity index (χ2v) is 11.8. The van der Waals surface area contributed by atoms with E-state index in [1.54, 1.807) is 10.4 Å². The average molecular weight is 446 g/mol. The quantitative estimate of drug-likeness (QED) is 0.757. The smallest absolute Gasteiger partial charge is 0.243 e. The highest BCUT2D eigenvalue weighted by molar-refractivity contribution is 7.89. The number of benzene rings is 1. The highest BCUT2D eigenvalue weighted by atomic mass is 32.2. The lowest BCUT2D eigenvalue weighted by Crippen LogP contribution is -2.51. The highest BCUT2D eigenvalue weighted by Crippen LogP contribution is 2.30. The average Bonchev–Trinajstić information content (AvgIpc) is 3.54. The molecule has 4 aliphatic rings. The fraction of sp³-hybridized carbons (Fsp3) is 0.708. The first kappa shape index (κ1) is 21.4. The van der Waals surface area contributed by atoms with Crippen molar-refractivity contribution in [1.82, 2.24) is 14.5 Å². The van der Waals surface area contributed by atoms with Gasteiger partial charge >= 0.3 is 0 Å². The first-order chi connectivity index (χ1) is 15.0. The van der Waals surface area contributed by atoms with Gasteiger partial charge in [0.25, 0.3) is 0 Å². The number of fused-ring (bicyclic) bond motifs is 1. The number of nitrogens with zero attached hydrogens (tertiary/aromatic N) is 2. The van der Waals surface area contributed by atoms with Crippen molar-refractivity contribution in [3.63, 3.8) is 0 Å². The van der Waals surface area contributed by atoms with Crippen molar-refractivity contribution < 1.29 is 13.2 Å². The van der Waals surface area contributed by atoms with Crippen LogP contribution in [0.15, 0.2) is 23.1 Å². The van der Waals surface area contributed by atoms with Gasteiger partial charge in [-0.25, -0.2) is 8.42 Å². The van der Waals surface area contributed by atoms with Gasteiger partial charge in [-0.05, 0) is 61.8 Å². The van der Waals surface area contributed by atoms with Gasteiger partial charge in [0.05, 0.1) is 4.90 Å². The van der Waals surface area contributed by atoms with Gasteiger partial charge in [0.15, 0.2) is 0 Å². The molecule has 1 aromatic rings. The second-order valence-electron chi connectivity index (χ2n) is 9.90. The number of hydrogen-bond acceptors (Lipinski definition) is 4. The molecule has 1 atom stereocenters. The van der Waals surface area contributed by atoms with Crippen LogP contribution in [0.1, 0.15) is 62.5 Å². The molecule has 3 fully saturated rings.